The lowest BCUT2D eigenvalue weighted by molar-refractivity contribution is -0.116. The minimum absolute atomic E-state index is 0.176. The molecule has 0 aromatic carbocycles. The number of methoxy groups -OCH3 is 1. The van der Waals surface area contributed by atoms with Crippen LogP contribution in [-0.4, -0.2) is 19.5 Å². The van der Waals surface area contributed by atoms with Gasteiger partial charge in [0, 0.05) is 7.11 Å². The van der Waals surface area contributed by atoms with Crippen LogP contribution in [0.15, 0.2) is 0 Å². The molecule has 54 valence electrons. The molecule has 1 atom stereocenters. The first-order valence-electron chi connectivity index (χ1n) is 3.33. The van der Waals surface area contributed by atoms with Crippen LogP contribution in [0.1, 0.15) is 26.2 Å². The second-order valence-corrected chi connectivity index (χ2v) is 2.05. The van der Waals surface area contributed by atoms with Gasteiger partial charge in [-0.1, -0.05) is 19.8 Å². The van der Waals surface area contributed by atoms with Gasteiger partial charge in [-0.25, -0.2) is 0 Å². The summed E-state index contributed by atoms with van der Waals surface area (Å²) in [7, 11) is 1.56. The lowest BCUT2D eigenvalue weighted by atomic mass is 10.2. The fourth-order valence-corrected chi connectivity index (χ4v) is 0.647. The van der Waals surface area contributed by atoms with Gasteiger partial charge in [-0.15, -0.1) is 0 Å². The van der Waals surface area contributed by atoms with E-state index in [0.29, 0.717) is 0 Å². The summed E-state index contributed by atoms with van der Waals surface area (Å²) in [6.45, 7) is 2.09. The molecule has 0 aliphatic heterocycles. The number of carbonyl (C=O) groups is 1. The maximum absolute atomic E-state index is 10.1. The van der Waals surface area contributed by atoms with E-state index in [2.05, 4.69) is 6.92 Å². The van der Waals surface area contributed by atoms with Crippen molar-refractivity contribution in [2.45, 2.75) is 32.3 Å². The molecule has 0 radical (unpaired) electrons. The highest BCUT2D eigenvalue weighted by Gasteiger charge is 2.01. The summed E-state index contributed by atoms with van der Waals surface area (Å²) in [5, 5.41) is 0. The Kier molecular flexibility index (Phi) is 5.52. The van der Waals surface area contributed by atoms with Crippen molar-refractivity contribution in [2.75, 3.05) is 7.11 Å². The lowest BCUT2D eigenvalue weighted by Gasteiger charge is -2.04. The maximum Gasteiger partial charge on any atom is 0.148 e. The van der Waals surface area contributed by atoms with Gasteiger partial charge in [0.2, 0.25) is 0 Å². The molecule has 0 saturated carbocycles. The van der Waals surface area contributed by atoms with Crippen LogP contribution in [0.3, 0.4) is 0 Å². The Bertz CT molecular complexity index is 71.3. The van der Waals surface area contributed by atoms with Crippen molar-refractivity contribution in [3.63, 3.8) is 0 Å². The summed E-state index contributed by atoms with van der Waals surface area (Å²) < 4.78 is 4.83. The molecule has 0 fully saturated rings. The topological polar surface area (TPSA) is 26.3 Å². The molecule has 0 bridgehead atoms. The highest BCUT2D eigenvalue weighted by molar-refractivity contribution is 5.55. The molecule has 0 aliphatic carbocycles. The molecule has 0 amide bonds. The van der Waals surface area contributed by atoms with E-state index in [-0.39, 0.29) is 6.10 Å². The van der Waals surface area contributed by atoms with Crippen LogP contribution < -0.4 is 0 Å². The molecule has 1 unspecified atom stereocenters. The SMILES string of the molecule is CCCCC(C=O)OC. The summed E-state index contributed by atoms with van der Waals surface area (Å²) >= 11 is 0. The molecular formula is C7H14O2. The van der Waals surface area contributed by atoms with Crippen molar-refractivity contribution >= 4 is 6.29 Å². The van der Waals surface area contributed by atoms with Gasteiger partial charge in [0.25, 0.3) is 0 Å². The average molecular weight is 130 g/mol. The smallest absolute Gasteiger partial charge is 0.148 e. The zero-order valence-corrected chi connectivity index (χ0v) is 6.09. The molecule has 0 aliphatic rings. The minimum atomic E-state index is -0.176. The fraction of sp³-hybridized carbons (Fsp3) is 0.857. The normalized spacial score (nSPS) is 13.1. The van der Waals surface area contributed by atoms with Crippen molar-refractivity contribution in [3.05, 3.63) is 0 Å². The zero-order valence-electron chi connectivity index (χ0n) is 6.09. The highest BCUT2D eigenvalue weighted by Crippen LogP contribution is 2.00. The van der Waals surface area contributed by atoms with Crippen LogP contribution in [0.4, 0.5) is 0 Å². The van der Waals surface area contributed by atoms with Gasteiger partial charge >= 0.3 is 0 Å². The van der Waals surface area contributed by atoms with E-state index in [1.165, 1.54) is 0 Å². The van der Waals surface area contributed by atoms with E-state index < -0.39 is 0 Å². The van der Waals surface area contributed by atoms with Crippen LogP contribution in [0.2, 0.25) is 0 Å². The number of rotatable bonds is 5. The molecule has 0 aromatic heterocycles. The van der Waals surface area contributed by atoms with Crippen LogP contribution >= 0.6 is 0 Å². The highest BCUT2D eigenvalue weighted by atomic mass is 16.5. The minimum Gasteiger partial charge on any atom is -0.374 e. The molecule has 0 spiro atoms. The molecule has 0 heterocycles. The third kappa shape index (κ3) is 4.15. The molecule has 0 N–H and O–H groups in total. The molecule has 2 heteroatoms. The van der Waals surface area contributed by atoms with Crippen molar-refractivity contribution in [2.24, 2.45) is 0 Å². The summed E-state index contributed by atoms with van der Waals surface area (Å²) in [6.07, 6.45) is 3.72. The number of aldehydes is 1. The maximum atomic E-state index is 10.1. The van der Waals surface area contributed by atoms with E-state index in [1.807, 2.05) is 0 Å². The third-order valence-corrected chi connectivity index (χ3v) is 1.30. The first-order chi connectivity index (χ1) is 4.35. The van der Waals surface area contributed by atoms with Crippen molar-refractivity contribution in [1.82, 2.24) is 0 Å². The monoisotopic (exact) mass is 130 g/mol. The summed E-state index contributed by atoms with van der Waals surface area (Å²) in [6, 6.07) is 0. The van der Waals surface area contributed by atoms with E-state index in [9.17, 15) is 4.79 Å². The standard InChI is InChI=1S/C7H14O2/c1-3-4-5-7(6-8)9-2/h6-7H,3-5H2,1-2H3. The predicted octanol–water partition coefficient (Wildman–Crippen LogP) is 1.39. The Labute approximate surface area is 56.2 Å². The zero-order chi connectivity index (χ0) is 7.11. The van der Waals surface area contributed by atoms with Crippen molar-refractivity contribution in [3.8, 4) is 0 Å². The fourth-order valence-electron chi connectivity index (χ4n) is 0.647. The van der Waals surface area contributed by atoms with Crippen molar-refractivity contribution in [1.29, 1.82) is 0 Å². The van der Waals surface area contributed by atoms with Crippen LogP contribution in [0, 0.1) is 0 Å². The predicted molar refractivity (Wildman–Crippen MR) is 36.4 cm³/mol. The number of ether oxygens (including phenoxy) is 1. The summed E-state index contributed by atoms with van der Waals surface area (Å²) in [5.41, 5.74) is 0. The first-order valence-corrected chi connectivity index (χ1v) is 3.33. The Balaban J connectivity index is 3.20. The Hall–Kier alpha value is -0.370. The van der Waals surface area contributed by atoms with Crippen LogP contribution in [-0.2, 0) is 9.53 Å². The van der Waals surface area contributed by atoms with E-state index >= 15 is 0 Å². The second-order valence-electron chi connectivity index (χ2n) is 2.05. The van der Waals surface area contributed by atoms with Gasteiger partial charge in [0.1, 0.15) is 12.4 Å². The molecule has 0 rings (SSSR count). The summed E-state index contributed by atoms with van der Waals surface area (Å²) in [5.74, 6) is 0. The Morgan fingerprint density at radius 2 is 2.33 bits per heavy atom. The largest absolute Gasteiger partial charge is 0.374 e. The van der Waals surface area contributed by atoms with Crippen LogP contribution in [0.5, 0.6) is 0 Å². The van der Waals surface area contributed by atoms with Crippen molar-refractivity contribution < 1.29 is 9.53 Å². The van der Waals surface area contributed by atoms with Gasteiger partial charge in [0.05, 0.1) is 0 Å². The van der Waals surface area contributed by atoms with E-state index in [4.69, 9.17) is 4.74 Å². The van der Waals surface area contributed by atoms with E-state index in [0.717, 1.165) is 25.5 Å². The average Bonchev–Trinajstić information content (AvgIpc) is 1.91. The quantitative estimate of drug-likeness (QED) is 0.526. The Morgan fingerprint density at radius 1 is 1.67 bits per heavy atom. The molecule has 2 nitrogen and oxygen atoms in total. The van der Waals surface area contributed by atoms with E-state index in [1.54, 1.807) is 7.11 Å². The molecule has 9 heavy (non-hydrogen) atoms. The van der Waals surface area contributed by atoms with Gasteiger partial charge in [0.15, 0.2) is 0 Å². The van der Waals surface area contributed by atoms with Gasteiger partial charge in [-0.05, 0) is 6.42 Å². The number of hydrogen-bond donors (Lipinski definition) is 0. The van der Waals surface area contributed by atoms with Gasteiger partial charge in [-0.3, -0.25) is 0 Å². The molecular weight excluding hydrogens is 116 g/mol. The first kappa shape index (κ1) is 8.63. The van der Waals surface area contributed by atoms with Gasteiger partial charge < -0.3 is 9.53 Å². The number of carbonyl (C=O) groups excluding carboxylic acids is 1. The molecule has 0 aromatic rings. The lowest BCUT2D eigenvalue weighted by Crippen LogP contribution is -2.10. The van der Waals surface area contributed by atoms with Gasteiger partial charge in [-0.2, -0.15) is 0 Å². The number of hydrogen-bond acceptors (Lipinski definition) is 2. The number of unbranched alkanes of at least 4 members (excludes halogenated alkanes) is 1. The Morgan fingerprint density at radius 3 is 2.67 bits per heavy atom. The molecule has 0 saturated heterocycles. The van der Waals surface area contributed by atoms with Crippen LogP contribution in [0.25, 0.3) is 0 Å². The third-order valence-electron chi connectivity index (χ3n) is 1.30. The summed E-state index contributed by atoms with van der Waals surface area (Å²) in [4.78, 5) is 10.1. The second kappa shape index (κ2) is 5.76.